The van der Waals surface area contributed by atoms with Crippen molar-refractivity contribution in [1.29, 1.82) is 0 Å². The highest BCUT2D eigenvalue weighted by atomic mass is 16.6. The lowest BCUT2D eigenvalue weighted by molar-refractivity contribution is 0.0544. The maximum Gasteiger partial charge on any atom is 0.419 e. The summed E-state index contributed by atoms with van der Waals surface area (Å²) in [4.78, 5) is 12.7. The molecule has 0 radical (unpaired) electrons. The number of carbonyl (C=O) groups is 1. The van der Waals surface area contributed by atoms with E-state index in [-0.39, 0.29) is 12.1 Å². The van der Waals surface area contributed by atoms with Gasteiger partial charge in [-0.2, -0.15) is 0 Å². The zero-order valence-electron chi connectivity index (χ0n) is 15.5. The van der Waals surface area contributed by atoms with Gasteiger partial charge in [-0.3, -0.25) is 4.57 Å². The molecule has 1 aromatic heterocycles. The van der Waals surface area contributed by atoms with Crippen LogP contribution in [-0.2, 0) is 11.2 Å². The number of aromatic nitrogens is 1. The molecule has 0 bridgehead atoms. The summed E-state index contributed by atoms with van der Waals surface area (Å²) in [5.74, 6) is 0. The monoisotopic (exact) mass is 348 g/mol. The van der Waals surface area contributed by atoms with Crippen molar-refractivity contribution in [3.63, 3.8) is 0 Å². The SMILES string of the molecule is CC(C)(C)OC(=O)n1cc([C@@H]2NCCc3ccccc32)c2ccccc21. The second kappa shape index (κ2) is 6.29. The highest BCUT2D eigenvalue weighted by Gasteiger charge is 2.26. The fraction of sp³-hybridized carbons (Fsp3) is 0.318. The molecule has 1 aliphatic rings. The molecular formula is C22H24N2O2. The molecule has 0 saturated heterocycles. The zero-order chi connectivity index (χ0) is 18.3. The van der Waals surface area contributed by atoms with Crippen LogP contribution in [-0.4, -0.2) is 22.8 Å². The second-order valence-corrected chi connectivity index (χ2v) is 7.79. The minimum atomic E-state index is -0.529. The fourth-order valence-electron chi connectivity index (χ4n) is 3.68. The van der Waals surface area contributed by atoms with Crippen molar-refractivity contribution in [1.82, 2.24) is 9.88 Å². The summed E-state index contributed by atoms with van der Waals surface area (Å²) in [5, 5.41) is 4.70. The topological polar surface area (TPSA) is 43.3 Å². The molecule has 0 fully saturated rings. The first-order chi connectivity index (χ1) is 12.4. The summed E-state index contributed by atoms with van der Waals surface area (Å²) >= 11 is 0. The maximum absolute atomic E-state index is 12.7. The van der Waals surface area contributed by atoms with Crippen LogP contribution in [0.3, 0.4) is 0 Å². The van der Waals surface area contributed by atoms with Crippen molar-refractivity contribution in [2.75, 3.05) is 6.54 Å². The van der Waals surface area contributed by atoms with Crippen molar-refractivity contribution in [2.45, 2.75) is 38.8 Å². The van der Waals surface area contributed by atoms with Gasteiger partial charge in [0, 0.05) is 18.1 Å². The predicted octanol–water partition coefficient (Wildman–Crippen LogP) is 4.66. The number of fused-ring (bicyclic) bond motifs is 2. The van der Waals surface area contributed by atoms with Gasteiger partial charge >= 0.3 is 6.09 Å². The minimum Gasteiger partial charge on any atom is -0.443 e. The van der Waals surface area contributed by atoms with Crippen LogP contribution in [0.25, 0.3) is 10.9 Å². The van der Waals surface area contributed by atoms with Crippen LogP contribution in [0.2, 0.25) is 0 Å². The van der Waals surface area contributed by atoms with Gasteiger partial charge in [0.2, 0.25) is 0 Å². The summed E-state index contributed by atoms with van der Waals surface area (Å²) in [6.45, 7) is 6.58. The number of nitrogens with one attached hydrogen (secondary N) is 1. The number of hydrogen-bond donors (Lipinski definition) is 1. The third-order valence-corrected chi connectivity index (χ3v) is 4.75. The van der Waals surface area contributed by atoms with Crippen molar-refractivity contribution in [2.24, 2.45) is 0 Å². The van der Waals surface area contributed by atoms with Gasteiger partial charge in [-0.1, -0.05) is 42.5 Å². The first-order valence-corrected chi connectivity index (χ1v) is 9.08. The molecule has 0 saturated carbocycles. The van der Waals surface area contributed by atoms with E-state index in [1.165, 1.54) is 11.1 Å². The summed E-state index contributed by atoms with van der Waals surface area (Å²) in [5.41, 5.74) is 4.11. The molecule has 1 aliphatic heterocycles. The Kier molecular flexibility index (Phi) is 4.08. The first kappa shape index (κ1) is 16.9. The van der Waals surface area contributed by atoms with Crippen LogP contribution in [0.5, 0.6) is 0 Å². The Morgan fingerprint density at radius 3 is 2.62 bits per heavy atom. The Hall–Kier alpha value is -2.59. The lowest BCUT2D eigenvalue weighted by Crippen LogP contribution is -2.30. The summed E-state index contributed by atoms with van der Waals surface area (Å²) in [6.07, 6.45) is 2.61. The average molecular weight is 348 g/mol. The molecule has 26 heavy (non-hydrogen) atoms. The molecule has 2 heterocycles. The lowest BCUT2D eigenvalue weighted by atomic mass is 9.90. The van der Waals surface area contributed by atoms with Crippen LogP contribution in [0.4, 0.5) is 4.79 Å². The van der Waals surface area contributed by atoms with Gasteiger partial charge in [-0.25, -0.2) is 4.79 Å². The molecule has 2 aromatic carbocycles. The van der Waals surface area contributed by atoms with Crippen LogP contribution in [0.15, 0.2) is 54.7 Å². The van der Waals surface area contributed by atoms with E-state index in [2.05, 4.69) is 35.6 Å². The Balaban J connectivity index is 1.84. The molecule has 4 heteroatoms. The van der Waals surface area contributed by atoms with Gasteiger partial charge in [-0.05, 0) is 49.9 Å². The number of nitrogens with zero attached hydrogens (tertiary/aromatic N) is 1. The second-order valence-electron chi connectivity index (χ2n) is 7.79. The number of para-hydroxylation sites is 1. The van der Waals surface area contributed by atoms with E-state index in [1.54, 1.807) is 4.57 Å². The molecule has 4 nitrogen and oxygen atoms in total. The van der Waals surface area contributed by atoms with Crippen molar-refractivity contribution in [3.8, 4) is 0 Å². The molecule has 0 unspecified atom stereocenters. The highest BCUT2D eigenvalue weighted by Crippen LogP contribution is 2.34. The van der Waals surface area contributed by atoms with E-state index in [0.717, 1.165) is 29.4 Å². The summed E-state index contributed by atoms with van der Waals surface area (Å²) < 4.78 is 7.24. The van der Waals surface area contributed by atoms with Crippen LogP contribution in [0, 0.1) is 0 Å². The number of carbonyl (C=O) groups excluding carboxylic acids is 1. The number of rotatable bonds is 1. The number of benzene rings is 2. The van der Waals surface area contributed by atoms with Crippen LogP contribution >= 0.6 is 0 Å². The molecule has 0 aliphatic carbocycles. The molecule has 4 rings (SSSR count). The molecule has 134 valence electrons. The van der Waals surface area contributed by atoms with E-state index in [4.69, 9.17) is 4.74 Å². The smallest absolute Gasteiger partial charge is 0.419 e. The average Bonchev–Trinajstić information content (AvgIpc) is 2.99. The van der Waals surface area contributed by atoms with Gasteiger partial charge in [0.15, 0.2) is 0 Å². The van der Waals surface area contributed by atoms with E-state index >= 15 is 0 Å². The van der Waals surface area contributed by atoms with E-state index in [0.29, 0.717) is 0 Å². The van der Waals surface area contributed by atoms with Gasteiger partial charge < -0.3 is 10.1 Å². The Morgan fingerprint density at radius 2 is 1.81 bits per heavy atom. The van der Waals surface area contributed by atoms with Gasteiger partial charge in [0.05, 0.1) is 11.6 Å². The Labute approximate surface area is 153 Å². The number of ether oxygens (including phenoxy) is 1. The summed E-state index contributed by atoms with van der Waals surface area (Å²) in [7, 11) is 0. The largest absolute Gasteiger partial charge is 0.443 e. The van der Waals surface area contributed by atoms with Crippen molar-refractivity contribution >= 4 is 17.0 Å². The first-order valence-electron chi connectivity index (χ1n) is 9.08. The molecule has 0 amide bonds. The van der Waals surface area contributed by atoms with Crippen molar-refractivity contribution in [3.05, 3.63) is 71.4 Å². The quantitative estimate of drug-likeness (QED) is 0.695. The lowest BCUT2D eigenvalue weighted by Gasteiger charge is -2.26. The molecule has 0 spiro atoms. The Morgan fingerprint density at radius 1 is 1.08 bits per heavy atom. The van der Waals surface area contributed by atoms with E-state index in [1.807, 2.05) is 45.2 Å². The van der Waals surface area contributed by atoms with Crippen molar-refractivity contribution < 1.29 is 9.53 Å². The molecule has 1 N–H and O–H groups in total. The standard InChI is InChI=1S/C22H24N2O2/c1-22(2,3)26-21(25)24-14-18(17-10-6-7-11-19(17)24)20-16-9-5-4-8-15(16)12-13-23-20/h4-11,14,20,23H,12-13H2,1-3H3/t20-/m1/s1. The van der Waals surface area contributed by atoms with E-state index < -0.39 is 5.60 Å². The van der Waals surface area contributed by atoms with Gasteiger partial charge in [0.25, 0.3) is 0 Å². The van der Waals surface area contributed by atoms with E-state index in [9.17, 15) is 4.79 Å². The Bertz CT molecular complexity index is 966. The third-order valence-electron chi connectivity index (χ3n) is 4.75. The predicted molar refractivity (Wildman–Crippen MR) is 104 cm³/mol. The molecular weight excluding hydrogens is 324 g/mol. The van der Waals surface area contributed by atoms with Gasteiger partial charge in [0.1, 0.15) is 5.60 Å². The number of hydrogen-bond acceptors (Lipinski definition) is 3. The summed E-state index contributed by atoms with van der Waals surface area (Å²) in [6, 6.07) is 16.6. The fourth-order valence-corrected chi connectivity index (χ4v) is 3.68. The highest BCUT2D eigenvalue weighted by molar-refractivity contribution is 5.92. The van der Waals surface area contributed by atoms with Crippen LogP contribution < -0.4 is 5.32 Å². The maximum atomic E-state index is 12.7. The third kappa shape index (κ3) is 3.01. The molecule has 1 atom stereocenters. The van der Waals surface area contributed by atoms with Gasteiger partial charge in [-0.15, -0.1) is 0 Å². The zero-order valence-corrected chi connectivity index (χ0v) is 15.5. The van der Waals surface area contributed by atoms with Crippen LogP contribution in [0.1, 0.15) is 43.5 Å². The normalized spacial score (nSPS) is 17.1. The molecule has 3 aromatic rings. The minimum absolute atomic E-state index is 0.0773.